The number of fused-ring (bicyclic) bond motifs is 1. The van der Waals surface area contributed by atoms with Gasteiger partial charge in [-0.25, -0.2) is 4.98 Å². The Morgan fingerprint density at radius 2 is 2.11 bits per heavy atom. The van der Waals surface area contributed by atoms with Crippen LogP contribution in [0.5, 0.6) is 0 Å². The molecular formula is C16H29N3. The summed E-state index contributed by atoms with van der Waals surface area (Å²) in [7, 11) is 0. The van der Waals surface area contributed by atoms with Gasteiger partial charge in [-0.1, -0.05) is 27.2 Å². The zero-order valence-electron chi connectivity index (χ0n) is 13.0. The highest BCUT2D eigenvalue weighted by Crippen LogP contribution is 2.27. The van der Waals surface area contributed by atoms with Gasteiger partial charge in [0.05, 0.1) is 5.69 Å². The molecule has 2 heterocycles. The van der Waals surface area contributed by atoms with Crippen LogP contribution in [0.25, 0.3) is 0 Å². The first-order valence-corrected chi connectivity index (χ1v) is 7.96. The summed E-state index contributed by atoms with van der Waals surface area (Å²) >= 11 is 0. The largest absolute Gasteiger partial charge is 0.329 e. The molecule has 0 aliphatic carbocycles. The molecule has 1 aromatic rings. The van der Waals surface area contributed by atoms with E-state index in [2.05, 4.69) is 37.6 Å². The van der Waals surface area contributed by atoms with Crippen molar-refractivity contribution >= 4 is 0 Å². The molecule has 0 amide bonds. The molecule has 0 aromatic carbocycles. The number of hydrogen-bond donors (Lipinski definition) is 1. The lowest BCUT2D eigenvalue weighted by Gasteiger charge is -2.24. The highest BCUT2D eigenvalue weighted by Gasteiger charge is 2.22. The third kappa shape index (κ3) is 3.19. The Kier molecular flexibility index (Phi) is 5.03. The van der Waals surface area contributed by atoms with Gasteiger partial charge in [0.1, 0.15) is 5.82 Å². The molecule has 1 aliphatic rings. The van der Waals surface area contributed by atoms with Crippen LogP contribution in [0.3, 0.4) is 0 Å². The molecule has 0 radical (unpaired) electrons. The minimum atomic E-state index is 0.589. The zero-order valence-corrected chi connectivity index (χ0v) is 13.0. The molecule has 19 heavy (non-hydrogen) atoms. The van der Waals surface area contributed by atoms with Gasteiger partial charge < -0.3 is 9.88 Å². The van der Waals surface area contributed by atoms with Crippen molar-refractivity contribution in [1.29, 1.82) is 0 Å². The summed E-state index contributed by atoms with van der Waals surface area (Å²) in [5, 5.41) is 3.44. The van der Waals surface area contributed by atoms with Crippen molar-refractivity contribution in [1.82, 2.24) is 14.9 Å². The molecule has 1 aliphatic heterocycles. The minimum absolute atomic E-state index is 0.589. The Bertz CT molecular complexity index is 408. The number of imidazole rings is 1. The van der Waals surface area contributed by atoms with Crippen LogP contribution in [0.2, 0.25) is 0 Å². The second kappa shape index (κ2) is 6.56. The summed E-state index contributed by atoms with van der Waals surface area (Å²) in [6, 6.07) is 0.589. The number of nitrogens with one attached hydrogen (secondary N) is 1. The molecule has 1 N–H and O–H groups in total. The Morgan fingerprint density at radius 1 is 1.32 bits per heavy atom. The quantitative estimate of drug-likeness (QED) is 0.851. The lowest BCUT2D eigenvalue weighted by atomic mass is 9.99. The summed E-state index contributed by atoms with van der Waals surface area (Å²) in [6.45, 7) is 11.3. The number of nitrogens with zero attached hydrogens (tertiary/aromatic N) is 2. The van der Waals surface area contributed by atoms with E-state index < -0.39 is 0 Å². The predicted octanol–water partition coefficient (Wildman–Crippen LogP) is 3.48. The fourth-order valence-corrected chi connectivity index (χ4v) is 3.16. The van der Waals surface area contributed by atoms with E-state index in [1.807, 2.05) is 0 Å². The summed E-state index contributed by atoms with van der Waals surface area (Å²) in [6.07, 6.45) is 5.96. The van der Waals surface area contributed by atoms with Crippen molar-refractivity contribution in [3.63, 3.8) is 0 Å². The van der Waals surface area contributed by atoms with Crippen LogP contribution in [-0.2, 0) is 19.4 Å². The Hall–Kier alpha value is -0.830. The highest BCUT2D eigenvalue weighted by molar-refractivity contribution is 5.21. The molecule has 2 rings (SSSR count). The molecule has 2 atom stereocenters. The maximum Gasteiger partial charge on any atom is 0.109 e. The summed E-state index contributed by atoms with van der Waals surface area (Å²) < 4.78 is 2.56. The third-order valence-corrected chi connectivity index (χ3v) is 4.35. The van der Waals surface area contributed by atoms with Crippen LogP contribution in [0.15, 0.2) is 0 Å². The van der Waals surface area contributed by atoms with Gasteiger partial charge in [-0.05, 0) is 25.7 Å². The lowest BCUT2D eigenvalue weighted by Crippen LogP contribution is -2.26. The maximum absolute atomic E-state index is 4.90. The van der Waals surface area contributed by atoms with Crippen LogP contribution < -0.4 is 5.32 Å². The van der Waals surface area contributed by atoms with Crippen molar-refractivity contribution < 1.29 is 0 Å². The van der Waals surface area contributed by atoms with Crippen molar-refractivity contribution in [2.75, 3.05) is 6.54 Å². The van der Waals surface area contributed by atoms with Crippen molar-refractivity contribution in [3.05, 3.63) is 17.2 Å². The van der Waals surface area contributed by atoms with E-state index in [9.17, 15) is 0 Å². The predicted molar refractivity (Wildman–Crippen MR) is 80.4 cm³/mol. The van der Waals surface area contributed by atoms with Gasteiger partial charge in [0.25, 0.3) is 0 Å². The van der Waals surface area contributed by atoms with Crippen LogP contribution in [0.1, 0.15) is 70.2 Å². The second-order valence-corrected chi connectivity index (χ2v) is 6.07. The highest BCUT2D eigenvalue weighted by atomic mass is 15.1. The second-order valence-electron chi connectivity index (χ2n) is 6.07. The fourth-order valence-electron chi connectivity index (χ4n) is 3.16. The first-order chi connectivity index (χ1) is 9.17. The molecule has 3 heteroatoms. The monoisotopic (exact) mass is 263 g/mol. The van der Waals surface area contributed by atoms with Crippen LogP contribution >= 0.6 is 0 Å². The molecule has 108 valence electrons. The zero-order chi connectivity index (χ0) is 13.8. The topological polar surface area (TPSA) is 29.9 Å². The standard InChI is InChI=1S/C16H29N3/c1-5-7-16-18-14-11-17-9-8-15(14)19(16)13(4)10-12(3)6-2/h12-13,17H,5-11H2,1-4H3. The van der Waals surface area contributed by atoms with E-state index in [1.54, 1.807) is 0 Å². The van der Waals surface area contributed by atoms with Crippen molar-refractivity contribution in [2.24, 2.45) is 5.92 Å². The average Bonchev–Trinajstić information content (AvgIpc) is 2.76. The van der Waals surface area contributed by atoms with E-state index in [0.717, 1.165) is 31.8 Å². The van der Waals surface area contributed by atoms with E-state index in [4.69, 9.17) is 4.98 Å². The van der Waals surface area contributed by atoms with Gasteiger partial charge in [0.15, 0.2) is 0 Å². The molecule has 0 spiro atoms. The molecule has 2 unspecified atom stereocenters. The summed E-state index contributed by atoms with van der Waals surface area (Å²) in [5.74, 6) is 2.11. The normalized spacial score (nSPS) is 18.1. The van der Waals surface area contributed by atoms with Gasteiger partial charge in [0.2, 0.25) is 0 Å². The van der Waals surface area contributed by atoms with Crippen LogP contribution in [0.4, 0.5) is 0 Å². The molecule has 0 bridgehead atoms. The first-order valence-electron chi connectivity index (χ1n) is 7.96. The summed E-state index contributed by atoms with van der Waals surface area (Å²) in [4.78, 5) is 4.90. The SMILES string of the molecule is CCCc1nc2c(n1C(C)CC(C)CC)CCNC2. The van der Waals surface area contributed by atoms with Gasteiger partial charge in [-0.3, -0.25) is 0 Å². The van der Waals surface area contributed by atoms with E-state index in [-0.39, 0.29) is 0 Å². The molecule has 3 nitrogen and oxygen atoms in total. The van der Waals surface area contributed by atoms with Crippen molar-refractivity contribution in [2.45, 2.75) is 72.4 Å². The molecule has 0 saturated heterocycles. The average molecular weight is 263 g/mol. The minimum Gasteiger partial charge on any atom is -0.329 e. The van der Waals surface area contributed by atoms with Crippen molar-refractivity contribution in [3.8, 4) is 0 Å². The lowest BCUT2D eigenvalue weighted by molar-refractivity contribution is 0.381. The van der Waals surface area contributed by atoms with Crippen LogP contribution in [0, 0.1) is 5.92 Å². The van der Waals surface area contributed by atoms with Gasteiger partial charge >= 0.3 is 0 Å². The number of aryl methyl sites for hydroxylation is 1. The Balaban J connectivity index is 2.27. The first kappa shape index (κ1) is 14.6. The molecule has 0 saturated carbocycles. The van der Waals surface area contributed by atoms with E-state index >= 15 is 0 Å². The van der Waals surface area contributed by atoms with E-state index in [0.29, 0.717) is 6.04 Å². The smallest absolute Gasteiger partial charge is 0.109 e. The van der Waals surface area contributed by atoms with Gasteiger partial charge in [-0.15, -0.1) is 0 Å². The fraction of sp³-hybridized carbons (Fsp3) is 0.812. The third-order valence-electron chi connectivity index (χ3n) is 4.35. The van der Waals surface area contributed by atoms with Gasteiger partial charge in [0, 0.05) is 37.7 Å². The Morgan fingerprint density at radius 3 is 2.79 bits per heavy atom. The number of rotatable bonds is 6. The van der Waals surface area contributed by atoms with Crippen LogP contribution in [-0.4, -0.2) is 16.1 Å². The molecule has 1 aromatic heterocycles. The molecule has 0 fully saturated rings. The molecular weight excluding hydrogens is 234 g/mol. The van der Waals surface area contributed by atoms with Gasteiger partial charge in [-0.2, -0.15) is 0 Å². The maximum atomic E-state index is 4.90. The summed E-state index contributed by atoms with van der Waals surface area (Å²) in [5.41, 5.74) is 2.80. The number of aromatic nitrogens is 2. The number of hydrogen-bond acceptors (Lipinski definition) is 2. The van der Waals surface area contributed by atoms with E-state index in [1.165, 1.54) is 36.5 Å². The Labute approximate surface area is 117 Å².